The summed E-state index contributed by atoms with van der Waals surface area (Å²) >= 11 is 5.93. The highest BCUT2D eigenvalue weighted by Gasteiger charge is 2.20. The van der Waals surface area contributed by atoms with Gasteiger partial charge in [-0.05, 0) is 23.8 Å². The van der Waals surface area contributed by atoms with Crippen LogP contribution in [0.1, 0.15) is 11.1 Å². The molecule has 0 aromatic heterocycles. The molecule has 3 rings (SSSR count). The summed E-state index contributed by atoms with van der Waals surface area (Å²) in [4.78, 5) is 15.4. The predicted octanol–water partition coefficient (Wildman–Crippen LogP) is 3.57. The Kier molecular flexibility index (Phi) is 6.08. The molecule has 0 bridgehead atoms. The maximum Gasteiger partial charge on any atom is 0.270 e. The van der Waals surface area contributed by atoms with Gasteiger partial charge in [0.2, 0.25) is 0 Å². The van der Waals surface area contributed by atoms with Gasteiger partial charge in [-0.2, -0.15) is 0 Å². The molecule has 138 valence electrons. The molecule has 1 heterocycles. The second-order valence-corrected chi connectivity index (χ2v) is 6.87. The summed E-state index contributed by atoms with van der Waals surface area (Å²) < 4.78 is 5.36. The maximum atomic E-state index is 11.0. The third kappa shape index (κ3) is 4.72. The number of methoxy groups -OCH3 is 1. The minimum atomic E-state index is -0.368. The zero-order valence-corrected chi connectivity index (χ0v) is 15.5. The van der Waals surface area contributed by atoms with Gasteiger partial charge >= 0.3 is 0 Å². The van der Waals surface area contributed by atoms with Crippen LogP contribution in [0.3, 0.4) is 0 Å². The van der Waals surface area contributed by atoms with Crippen LogP contribution in [0.5, 0.6) is 5.75 Å². The molecule has 0 unspecified atom stereocenters. The standard InChI is InChI=1S/C19H22ClN3O3/c1-26-19-7-6-18(23(24)25)12-16(19)14-22-10-8-21(9-11-22)13-15-2-4-17(20)5-3-15/h2-7,12H,8-11,13-14H2,1H3. The zero-order valence-electron chi connectivity index (χ0n) is 14.7. The van der Waals surface area contributed by atoms with E-state index in [4.69, 9.17) is 16.3 Å². The largest absolute Gasteiger partial charge is 0.496 e. The third-order valence-electron chi connectivity index (χ3n) is 4.65. The number of nitrogens with zero attached hydrogens (tertiary/aromatic N) is 3. The van der Waals surface area contributed by atoms with Gasteiger partial charge in [0.15, 0.2) is 0 Å². The van der Waals surface area contributed by atoms with Gasteiger partial charge < -0.3 is 4.74 Å². The zero-order chi connectivity index (χ0) is 18.5. The molecule has 1 aliphatic heterocycles. The summed E-state index contributed by atoms with van der Waals surface area (Å²) in [5.41, 5.74) is 2.21. The van der Waals surface area contributed by atoms with Crippen LogP contribution in [0.15, 0.2) is 42.5 Å². The third-order valence-corrected chi connectivity index (χ3v) is 4.91. The molecule has 7 heteroatoms. The topological polar surface area (TPSA) is 58.9 Å². The number of nitro groups is 1. The van der Waals surface area contributed by atoms with Gasteiger partial charge in [-0.25, -0.2) is 0 Å². The predicted molar refractivity (Wildman–Crippen MR) is 102 cm³/mol. The first-order chi connectivity index (χ1) is 12.5. The summed E-state index contributed by atoms with van der Waals surface area (Å²) in [6.45, 7) is 5.31. The minimum Gasteiger partial charge on any atom is -0.496 e. The summed E-state index contributed by atoms with van der Waals surface area (Å²) in [6.07, 6.45) is 0. The molecule has 2 aromatic carbocycles. The quantitative estimate of drug-likeness (QED) is 0.570. The molecule has 6 nitrogen and oxygen atoms in total. The van der Waals surface area contributed by atoms with Crippen molar-refractivity contribution in [3.63, 3.8) is 0 Å². The lowest BCUT2D eigenvalue weighted by atomic mass is 10.1. The summed E-state index contributed by atoms with van der Waals surface area (Å²) in [5.74, 6) is 0.694. The Labute approximate surface area is 158 Å². The fourth-order valence-electron chi connectivity index (χ4n) is 3.20. The lowest BCUT2D eigenvalue weighted by molar-refractivity contribution is -0.385. The molecule has 1 aliphatic rings. The fourth-order valence-corrected chi connectivity index (χ4v) is 3.32. The van der Waals surface area contributed by atoms with Crippen molar-refractivity contribution in [2.24, 2.45) is 0 Å². The highest BCUT2D eigenvalue weighted by atomic mass is 35.5. The van der Waals surface area contributed by atoms with Crippen LogP contribution in [-0.4, -0.2) is 48.0 Å². The molecule has 0 amide bonds. The number of hydrogen-bond acceptors (Lipinski definition) is 5. The number of nitro benzene ring substituents is 1. The number of benzene rings is 2. The molecule has 1 saturated heterocycles. The Hall–Kier alpha value is -2.15. The summed E-state index contributed by atoms with van der Waals surface area (Å²) in [5, 5.41) is 11.8. The lowest BCUT2D eigenvalue weighted by Gasteiger charge is -2.35. The Morgan fingerprint density at radius 3 is 2.23 bits per heavy atom. The first-order valence-corrected chi connectivity index (χ1v) is 8.93. The van der Waals surface area contributed by atoms with Crippen LogP contribution in [-0.2, 0) is 13.1 Å². The van der Waals surface area contributed by atoms with E-state index in [1.54, 1.807) is 19.2 Å². The van der Waals surface area contributed by atoms with E-state index < -0.39 is 0 Å². The van der Waals surface area contributed by atoms with Gasteiger partial charge in [-0.15, -0.1) is 0 Å². The van der Waals surface area contributed by atoms with Crippen LogP contribution in [0.25, 0.3) is 0 Å². The van der Waals surface area contributed by atoms with Crippen LogP contribution in [0.4, 0.5) is 5.69 Å². The number of hydrogen-bond donors (Lipinski definition) is 0. The molecule has 26 heavy (non-hydrogen) atoms. The molecule has 0 N–H and O–H groups in total. The molecule has 0 atom stereocenters. The average Bonchev–Trinajstić information content (AvgIpc) is 2.65. The molecule has 0 spiro atoms. The summed E-state index contributed by atoms with van der Waals surface area (Å²) in [6, 6.07) is 12.7. The van der Waals surface area contributed by atoms with E-state index in [0.717, 1.165) is 43.3 Å². The maximum absolute atomic E-state index is 11.0. The normalized spacial score (nSPS) is 15.8. The Morgan fingerprint density at radius 2 is 1.65 bits per heavy atom. The number of piperazine rings is 1. The lowest BCUT2D eigenvalue weighted by Crippen LogP contribution is -2.45. The first-order valence-electron chi connectivity index (χ1n) is 8.55. The van der Waals surface area contributed by atoms with E-state index in [1.807, 2.05) is 12.1 Å². The highest BCUT2D eigenvalue weighted by molar-refractivity contribution is 6.30. The van der Waals surface area contributed by atoms with Crippen molar-refractivity contribution in [3.05, 3.63) is 68.7 Å². The molecule has 2 aromatic rings. The molecule has 0 saturated carbocycles. The Bertz CT molecular complexity index is 759. The fraction of sp³-hybridized carbons (Fsp3) is 0.368. The second-order valence-electron chi connectivity index (χ2n) is 6.43. The number of non-ortho nitro benzene ring substituents is 1. The van der Waals surface area contributed by atoms with Crippen molar-refractivity contribution in [2.75, 3.05) is 33.3 Å². The molecule has 0 radical (unpaired) electrons. The van der Waals surface area contributed by atoms with E-state index in [9.17, 15) is 10.1 Å². The minimum absolute atomic E-state index is 0.0992. The van der Waals surface area contributed by atoms with Gasteiger partial charge in [0, 0.05) is 62.0 Å². The number of halogens is 1. The van der Waals surface area contributed by atoms with Gasteiger partial charge in [0.25, 0.3) is 5.69 Å². The van der Waals surface area contributed by atoms with Crippen LogP contribution in [0, 0.1) is 10.1 Å². The van der Waals surface area contributed by atoms with Crippen molar-refractivity contribution in [1.29, 1.82) is 0 Å². The van der Waals surface area contributed by atoms with E-state index in [2.05, 4.69) is 21.9 Å². The SMILES string of the molecule is COc1ccc([N+](=O)[O-])cc1CN1CCN(Cc2ccc(Cl)cc2)CC1. The van der Waals surface area contributed by atoms with Crippen LogP contribution in [0.2, 0.25) is 5.02 Å². The van der Waals surface area contributed by atoms with E-state index in [0.29, 0.717) is 12.3 Å². The first kappa shape index (κ1) is 18.6. The average molecular weight is 376 g/mol. The van der Waals surface area contributed by atoms with Gasteiger partial charge in [-0.3, -0.25) is 19.9 Å². The van der Waals surface area contributed by atoms with Crippen LogP contribution < -0.4 is 4.74 Å². The second kappa shape index (κ2) is 8.49. The smallest absolute Gasteiger partial charge is 0.270 e. The van der Waals surface area contributed by atoms with Crippen LogP contribution >= 0.6 is 11.6 Å². The summed E-state index contributed by atoms with van der Waals surface area (Å²) in [7, 11) is 1.59. The van der Waals surface area contributed by atoms with E-state index >= 15 is 0 Å². The molecule has 0 aliphatic carbocycles. The van der Waals surface area contributed by atoms with Gasteiger partial charge in [0.05, 0.1) is 12.0 Å². The van der Waals surface area contributed by atoms with Gasteiger partial charge in [-0.1, -0.05) is 23.7 Å². The van der Waals surface area contributed by atoms with Crippen molar-refractivity contribution >= 4 is 17.3 Å². The van der Waals surface area contributed by atoms with Crippen molar-refractivity contribution in [3.8, 4) is 5.75 Å². The van der Waals surface area contributed by atoms with Crippen molar-refractivity contribution in [2.45, 2.75) is 13.1 Å². The van der Waals surface area contributed by atoms with Crippen molar-refractivity contribution < 1.29 is 9.66 Å². The Balaban J connectivity index is 1.57. The highest BCUT2D eigenvalue weighted by Crippen LogP contribution is 2.25. The molecule has 1 fully saturated rings. The van der Waals surface area contributed by atoms with Crippen molar-refractivity contribution in [1.82, 2.24) is 9.80 Å². The molecular weight excluding hydrogens is 354 g/mol. The number of rotatable bonds is 6. The Morgan fingerprint density at radius 1 is 1.04 bits per heavy atom. The molecular formula is C19H22ClN3O3. The van der Waals surface area contributed by atoms with E-state index in [1.165, 1.54) is 11.6 Å². The number of ether oxygens (including phenoxy) is 1. The monoisotopic (exact) mass is 375 g/mol. The van der Waals surface area contributed by atoms with E-state index in [-0.39, 0.29) is 10.6 Å². The van der Waals surface area contributed by atoms with Gasteiger partial charge in [0.1, 0.15) is 5.75 Å².